The summed E-state index contributed by atoms with van der Waals surface area (Å²) in [5.41, 5.74) is 3.32. The zero-order chi connectivity index (χ0) is 16.1. The van der Waals surface area contributed by atoms with E-state index in [1.807, 2.05) is 32.0 Å². The first-order chi connectivity index (χ1) is 10.6. The molecule has 0 atom stereocenters. The molecule has 0 fully saturated rings. The fraction of sp³-hybridized carbons (Fsp3) is 0.353. The van der Waals surface area contributed by atoms with Crippen LogP contribution in [-0.4, -0.2) is 29.0 Å². The average molecular weight is 298 g/mol. The molecule has 2 rings (SSSR count). The molecular formula is C17H22N4O. The minimum Gasteiger partial charge on any atom is -0.356 e. The van der Waals surface area contributed by atoms with Gasteiger partial charge < -0.3 is 10.2 Å². The highest BCUT2D eigenvalue weighted by Gasteiger charge is 2.11. The number of carbonyl (C=O) groups is 1. The predicted molar refractivity (Wildman–Crippen MR) is 89.5 cm³/mol. The molecule has 1 heterocycles. The number of amides is 1. The highest BCUT2D eigenvalue weighted by Crippen LogP contribution is 2.18. The minimum absolute atomic E-state index is 0.243. The lowest BCUT2D eigenvalue weighted by Crippen LogP contribution is -2.23. The number of benzene rings is 1. The molecule has 0 unspecified atom stereocenters. The number of anilines is 2. The smallest absolute Gasteiger partial charge is 0.275 e. The van der Waals surface area contributed by atoms with Crippen molar-refractivity contribution in [2.45, 2.75) is 27.7 Å². The first-order valence-electron chi connectivity index (χ1n) is 7.51. The standard InChI is InChI=1S/C17H22N4O/c1-5-21(6-2)16-11-18-15(10-19-16)17(22)20-14-9-7-8-12(3)13(14)4/h7-11H,5-6H2,1-4H3,(H,20,22). The van der Waals surface area contributed by atoms with Gasteiger partial charge in [0.15, 0.2) is 0 Å². The van der Waals surface area contributed by atoms with Gasteiger partial charge in [-0.25, -0.2) is 9.97 Å². The van der Waals surface area contributed by atoms with E-state index in [9.17, 15) is 4.79 Å². The van der Waals surface area contributed by atoms with Gasteiger partial charge in [0.2, 0.25) is 0 Å². The topological polar surface area (TPSA) is 58.1 Å². The maximum Gasteiger partial charge on any atom is 0.275 e. The molecule has 116 valence electrons. The second kappa shape index (κ2) is 7.02. The van der Waals surface area contributed by atoms with E-state index in [4.69, 9.17) is 0 Å². The Bertz CT molecular complexity index is 648. The van der Waals surface area contributed by atoms with Crippen LogP contribution in [0.15, 0.2) is 30.6 Å². The van der Waals surface area contributed by atoms with Crippen LogP contribution in [0.4, 0.5) is 11.5 Å². The van der Waals surface area contributed by atoms with E-state index in [2.05, 4.69) is 34.0 Å². The van der Waals surface area contributed by atoms with Crippen LogP contribution in [-0.2, 0) is 0 Å². The third-order valence-corrected chi connectivity index (χ3v) is 3.81. The summed E-state index contributed by atoms with van der Waals surface area (Å²) in [5, 5.41) is 2.89. The van der Waals surface area contributed by atoms with Crippen molar-refractivity contribution in [3.05, 3.63) is 47.4 Å². The van der Waals surface area contributed by atoms with Gasteiger partial charge in [0.1, 0.15) is 11.5 Å². The molecule has 1 aromatic carbocycles. The number of hydrogen-bond acceptors (Lipinski definition) is 4. The van der Waals surface area contributed by atoms with Gasteiger partial charge in [-0.15, -0.1) is 0 Å². The Labute approximate surface area is 131 Å². The summed E-state index contributed by atoms with van der Waals surface area (Å²) in [6, 6.07) is 5.83. The number of nitrogens with one attached hydrogen (secondary N) is 1. The normalized spacial score (nSPS) is 10.4. The molecule has 1 aromatic heterocycles. The van der Waals surface area contributed by atoms with Crippen LogP contribution in [0.5, 0.6) is 0 Å². The zero-order valence-corrected chi connectivity index (χ0v) is 13.6. The largest absolute Gasteiger partial charge is 0.356 e. The number of carbonyl (C=O) groups excluding carboxylic acids is 1. The molecule has 22 heavy (non-hydrogen) atoms. The molecule has 0 aliphatic rings. The molecule has 0 aliphatic carbocycles. The summed E-state index contributed by atoms with van der Waals surface area (Å²) < 4.78 is 0. The van der Waals surface area contributed by atoms with Crippen LogP contribution in [0.3, 0.4) is 0 Å². The van der Waals surface area contributed by atoms with Gasteiger partial charge in [-0.05, 0) is 44.9 Å². The molecule has 0 saturated heterocycles. The van der Waals surface area contributed by atoms with Crippen molar-refractivity contribution in [2.75, 3.05) is 23.3 Å². The van der Waals surface area contributed by atoms with Crippen molar-refractivity contribution < 1.29 is 4.79 Å². The Morgan fingerprint density at radius 3 is 2.45 bits per heavy atom. The summed E-state index contributed by atoms with van der Waals surface area (Å²) in [6.07, 6.45) is 3.17. The maximum atomic E-state index is 12.3. The molecular weight excluding hydrogens is 276 g/mol. The van der Waals surface area contributed by atoms with E-state index in [1.165, 1.54) is 6.20 Å². The van der Waals surface area contributed by atoms with Gasteiger partial charge in [-0.1, -0.05) is 12.1 Å². The molecule has 0 aliphatic heterocycles. The van der Waals surface area contributed by atoms with E-state index in [-0.39, 0.29) is 5.91 Å². The Morgan fingerprint density at radius 2 is 1.86 bits per heavy atom. The van der Waals surface area contributed by atoms with Crippen molar-refractivity contribution in [1.29, 1.82) is 0 Å². The summed E-state index contributed by atoms with van der Waals surface area (Å²) in [7, 11) is 0. The molecule has 1 N–H and O–H groups in total. The summed E-state index contributed by atoms with van der Waals surface area (Å²) >= 11 is 0. The van der Waals surface area contributed by atoms with Gasteiger partial charge in [0.25, 0.3) is 5.91 Å². The van der Waals surface area contributed by atoms with Crippen molar-refractivity contribution in [1.82, 2.24) is 9.97 Å². The van der Waals surface area contributed by atoms with E-state index in [1.54, 1.807) is 6.20 Å². The third kappa shape index (κ3) is 3.42. The molecule has 1 amide bonds. The van der Waals surface area contributed by atoms with Crippen LogP contribution in [0.25, 0.3) is 0 Å². The van der Waals surface area contributed by atoms with Crippen LogP contribution in [0.1, 0.15) is 35.5 Å². The van der Waals surface area contributed by atoms with E-state index in [0.717, 1.165) is 35.7 Å². The molecule has 2 aromatic rings. The van der Waals surface area contributed by atoms with Crippen LogP contribution >= 0.6 is 0 Å². The van der Waals surface area contributed by atoms with Crippen LogP contribution < -0.4 is 10.2 Å². The number of hydrogen-bond donors (Lipinski definition) is 1. The van der Waals surface area contributed by atoms with Crippen LogP contribution in [0.2, 0.25) is 0 Å². The first-order valence-corrected chi connectivity index (χ1v) is 7.51. The van der Waals surface area contributed by atoms with E-state index < -0.39 is 0 Å². The zero-order valence-electron chi connectivity index (χ0n) is 13.6. The van der Waals surface area contributed by atoms with Crippen molar-refractivity contribution in [3.8, 4) is 0 Å². The average Bonchev–Trinajstić information content (AvgIpc) is 2.53. The highest BCUT2D eigenvalue weighted by atomic mass is 16.1. The lowest BCUT2D eigenvalue weighted by atomic mass is 10.1. The summed E-state index contributed by atoms with van der Waals surface area (Å²) in [5.74, 6) is 0.542. The minimum atomic E-state index is -0.243. The maximum absolute atomic E-state index is 12.3. The number of nitrogens with zero attached hydrogens (tertiary/aromatic N) is 3. The van der Waals surface area contributed by atoms with Gasteiger partial charge in [0, 0.05) is 18.8 Å². The second-order valence-corrected chi connectivity index (χ2v) is 5.13. The Balaban J connectivity index is 2.15. The van der Waals surface area contributed by atoms with Crippen molar-refractivity contribution >= 4 is 17.4 Å². The number of aryl methyl sites for hydroxylation is 1. The fourth-order valence-electron chi connectivity index (χ4n) is 2.22. The summed E-state index contributed by atoms with van der Waals surface area (Å²) in [4.78, 5) is 22.9. The molecule has 0 saturated carbocycles. The lowest BCUT2D eigenvalue weighted by Gasteiger charge is -2.19. The van der Waals surface area contributed by atoms with Gasteiger partial charge in [-0.2, -0.15) is 0 Å². The Hall–Kier alpha value is -2.43. The monoisotopic (exact) mass is 298 g/mol. The lowest BCUT2D eigenvalue weighted by molar-refractivity contribution is 0.102. The SMILES string of the molecule is CCN(CC)c1cnc(C(=O)Nc2cccc(C)c2C)cn1. The Morgan fingerprint density at radius 1 is 1.14 bits per heavy atom. The number of rotatable bonds is 5. The third-order valence-electron chi connectivity index (χ3n) is 3.81. The van der Waals surface area contributed by atoms with Gasteiger partial charge in [0.05, 0.1) is 12.4 Å². The molecule has 5 nitrogen and oxygen atoms in total. The second-order valence-electron chi connectivity index (χ2n) is 5.13. The first kappa shape index (κ1) is 15.9. The van der Waals surface area contributed by atoms with Crippen LogP contribution in [0, 0.1) is 13.8 Å². The highest BCUT2D eigenvalue weighted by molar-refractivity contribution is 6.03. The van der Waals surface area contributed by atoms with E-state index in [0.29, 0.717) is 5.69 Å². The van der Waals surface area contributed by atoms with E-state index >= 15 is 0 Å². The van der Waals surface area contributed by atoms with Gasteiger partial charge in [-0.3, -0.25) is 4.79 Å². The van der Waals surface area contributed by atoms with Crippen molar-refractivity contribution in [2.24, 2.45) is 0 Å². The molecule has 0 radical (unpaired) electrons. The van der Waals surface area contributed by atoms with Crippen molar-refractivity contribution in [3.63, 3.8) is 0 Å². The van der Waals surface area contributed by atoms with Gasteiger partial charge >= 0.3 is 0 Å². The summed E-state index contributed by atoms with van der Waals surface area (Å²) in [6.45, 7) is 9.85. The quantitative estimate of drug-likeness (QED) is 0.921. The number of aromatic nitrogens is 2. The molecule has 0 bridgehead atoms. The molecule has 5 heteroatoms. The Kier molecular flexibility index (Phi) is 5.09. The molecule has 0 spiro atoms. The fourth-order valence-corrected chi connectivity index (χ4v) is 2.22. The predicted octanol–water partition coefficient (Wildman–Crippen LogP) is 3.19.